The van der Waals surface area contributed by atoms with Gasteiger partial charge >= 0.3 is 0 Å². The Labute approximate surface area is 129 Å². The molecule has 1 aromatic carbocycles. The van der Waals surface area contributed by atoms with Gasteiger partial charge in [0.15, 0.2) is 0 Å². The van der Waals surface area contributed by atoms with E-state index in [1.165, 1.54) is 16.9 Å². The molecule has 0 aliphatic rings. The lowest BCUT2D eigenvalue weighted by atomic mass is 10.1. The van der Waals surface area contributed by atoms with Crippen molar-refractivity contribution in [1.29, 1.82) is 0 Å². The molecule has 0 aliphatic heterocycles. The Morgan fingerprint density at radius 2 is 2.15 bits per heavy atom. The first-order valence-corrected chi connectivity index (χ1v) is 8.21. The van der Waals surface area contributed by atoms with Crippen LogP contribution in [0.1, 0.15) is 42.4 Å². The second-order valence-corrected chi connectivity index (χ2v) is 6.80. The maximum Gasteiger partial charge on any atom is 0.262 e. The van der Waals surface area contributed by atoms with E-state index in [4.69, 9.17) is 11.6 Å². The third-order valence-corrected chi connectivity index (χ3v) is 4.97. The van der Waals surface area contributed by atoms with Gasteiger partial charge in [-0.3, -0.25) is 4.79 Å². The van der Waals surface area contributed by atoms with Gasteiger partial charge in [-0.15, -0.1) is 11.3 Å². The van der Waals surface area contributed by atoms with Gasteiger partial charge in [0, 0.05) is 16.6 Å². The molecule has 2 rings (SSSR count). The number of rotatable bonds is 5. The van der Waals surface area contributed by atoms with Crippen LogP contribution in [0.15, 0.2) is 18.2 Å². The summed E-state index contributed by atoms with van der Waals surface area (Å²) in [5.74, 6) is 0.523. The van der Waals surface area contributed by atoms with Crippen LogP contribution in [-0.4, -0.2) is 12.5 Å². The molecular formula is C16H20ClNOS. The summed E-state index contributed by atoms with van der Waals surface area (Å²) in [5.41, 5.74) is 1.27. The molecule has 1 aromatic heterocycles. The van der Waals surface area contributed by atoms with E-state index in [9.17, 15) is 4.79 Å². The normalized spacial score (nSPS) is 11.2. The van der Waals surface area contributed by atoms with Crippen molar-refractivity contribution < 1.29 is 4.79 Å². The average Bonchev–Trinajstić information content (AvgIpc) is 2.75. The van der Waals surface area contributed by atoms with Crippen LogP contribution in [0.2, 0.25) is 5.02 Å². The zero-order valence-electron chi connectivity index (χ0n) is 12.1. The molecule has 108 valence electrons. The van der Waals surface area contributed by atoms with Crippen molar-refractivity contribution in [2.75, 3.05) is 6.54 Å². The van der Waals surface area contributed by atoms with Crippen LogP contribution in [0.25, 0.3) is 10.1 Å². The molecule has 2 aromatic rings. The predicted octanol–water partition coefficient (Wildman–Crippen LogP) is 4.89. The Morgan fingerprint density at radius 3 is 2.80 bits per heavy atom. The molecule has 0 saturated heterocycles. The first-order valence-electron chi connectivity index (χ1n) is 7.02. The van der Waals surface area contributed by atoms with Crippen LogP contribution < -0.4 is 5.32 Å². The van der Waals surface area contributed by atoms with Gasteiger partial charge < -0.3 is 5.32 Å². The van der Waals surface area contributed by atoms with Gasteiger partial charge in [-0.1, -0.05) is 44.5 Å². The van der Waals surface area contributed by atoms with Crippen molar-refractivity contribution in [2.45, 2.75) is 33.6 Å². The Hall–Kier alpha value is -1.06. The van der Waals surface area contributed by atoms with E-state index < -0.39 is 0 Å². The fourth-order valence-electron chi connectivity index (χ4n) is 2.03. The molecule has 0 fully saturated rings. The number of thiophene rings is 1. The fourth-order valence-corrected chi connectivity index (χ4v) is 3.53. The van der Waals surface area contributed by atoms with Crippen LogP contribution >= 0.6 is 22.9 Å². The summed E-state index contributed by atoms with van der Waals surface area (Å²) in [6.07, 6.45) is 1.97. The van der Waals surface area contributed by atoms with Gasteiger partial charge in [-0.2, -0.15) is 0 Å². The van der Waals surface area contributed by atoms with Crippen molar-refractivity contribution in [3.63, 3.8) is 0 Å². The predicted molar refractivity (Wildman–Crippen MR) is 88.0 cm³/mol. The molecule has 0 bridgehead atoms. The van der Waals surface area contributed by atoms with Gasteiger partial charge in [0.2, 0.25) is 0 Å². The topological polar surface area (TPSA) is 29.1 Å². The van der Waals surface area contributed by atoms with Crippen LogP contribution in [0.5, 0.6) is 0 Å². The quantitative estimate of drug-likeness (QED) is 0.837. The summed E-state index contributed by atoms with van der Waals surface area (Å²) in [4.78, 5) is 12.8. The number of carbonyl (C=O) groups excluding carboxylic acids is 1. The van der Waals surface area contributed by atoms with E-state index in [1.807, 2.05) is 6.07 Å². The first-order chi connectivity index (χ1) is 9.52. The molecule has 0 saturated carbocycles. The first kappa shape index (κ1) is 15.3. The molecule has 0 atom stereocenters. The zero-order valence-corrected chi connectivity index (χ0v) is 13.7. The maximum atomic E-state index is 12.2. The molecule has 1 N–H and O–H groups in total. The molecule has 1 amide bonds. The number of halogens is 1. The third-order valence-electron chi connectivity index (χ3n) is 3.32. The molecule has 2 nitrogen and oxygen atoms in total. The number of fused-ring (bicyclic) bond motifs is 1. The number of benzene rings is 1. The third kappa shape index (κ3) is 3.33. The van der Waals surface area contributed by atoms with Gasteiger partial charge in [0.1, 0.15) is 4.88 Å². The lowest BCUT2D eigenvalue weighted by molar-refractivity contribution is 0.0956. The summed E-state index contributed by atoms with van der Waals surface area (Å²) in [6, 6.07) is 6.20. The van der Waals surface area contributed by atoms with Gasteiger partial charge in [-0.25, -0.2) is 0 Å². The number of hydrogen-bond acceptors (Lipinski definition) is 2. The smallest absolute Gasteiger partial charge is 0.262 e. The number of aryl methyl sites for hydroxylation is 1. The van der Waals surface area contributed by atoms with Gasteiger partial charge in [0.25, 0.3) is 5.91 Å². The second-order valence-electron chi connectivity index (χ2n) is 5.37. The Balaban J connectivity index is 2.21. The highest BCUT2D eigenvalue weighted by molar-refractivity contribution is 7.21. The van der Waals surface area contributed by atoms with Crippen LogP contribution in [0.3, 0.4) is 0 Å². The van der Waals surface area contributed by atoms with Crippen LogP contribution in [0.4, 0.5) is 0 Å². The minimum absolute atomic E-state index is 0.0603. The largest absolute Gasteiger partial charge is 0.351 e. The summed E-state index contributed by atoms with van der Waals surface area (Å²) >= 11 is 7.81. The lowest BCUT2D eigenvalue weighted by Crippen LogP contribution is -2.24. The summed E-state index contributed by atoms with van der Waals surface area (Å²) in [5, 5.41) is 4.50. The minimum atomic E-state index is -0.0603. The highest BCUT2D eigenvalue weighted by Crippen LogP contribution is 2.35. The summed E-state index contributed by atoms with van der Waals surface area (Å²) < 4.78 is 1.09. The van der Waals surface area contributed by atoms with Gasteiger partial charge in [0.05, 0.1) is 5.02 Å². The van der Waals surface area contributed by atoms with E-state index in [2.05, 4.69) is 38.2 Å². The van der Waals surface area contributed by atoms with Crippen molar-refractivity contribution in [2.24, 2.45) is 5.92 Å². The second kappa shape index (κ2) is 6.59. The maximum absolute atomic E-state index is 12.2. The van der Waals surface area contributed by atoms with Crippen molar-refractivity contribution in [3.8, 4) is 0 Å². The van der Waals surface area contributed by atoms with E-state index in [1.54, 1.807) is 0 Å². The summed E-state index contributed by atoms with van der Waals surface area (Å²) in [6.45, 7) is 7.10. The van der Waals surface area contributed by atoms with Crippen LogP contribution in [0, 0.1) is 5.92 Å². The summed E-state index contributed by atoms with van der Waals surface area (Å²) in [7, 11) is 0. The average molecular weight is 310 g/mol. The van der Waals surface area contributed by atoms with E-state index in [-0.39, 0.29) is 5.91 Å². The molecule has 0 radical (unpaired) electrons. The van der Waals surface area contributed by atoms with Crippen molar-refractivity contribution in [3.05, 3.63) is 33.7 Å². The Morgan fingerprint density at radius 1 is 1.40 bits per heavy atom. The lowest BCUT2D eigenvalue weighted by Gasteiger charge is -2.06. The van der Waals surface area contributed by atoms with Crippen LogP contribution in [-0.2, 0) is 6.42 Å². The molecule has 0 spiro atoms. The standard InChI is InChI=1S/C16H20ClNOS/c1-4-11-5-6-12-13(9-11)20-15(14(12)17)16(19)18-8-7-10(2)3/h5-6,9-10H,4,7-8H2,1-3H3,(H,18,19). The van der Waals surface area contributed by atoms with E-state index >= 15 is 0 Å². The molecule has 1 heterocycles. The number of carbonyl (C=O) groups is 1. The Bertz CT molecular complexity index is 618. The monoisotopic (exact) mass is 309 g/mol. The highest BCUT2D eigenvalue weighted by atomic mass is 35.5. The SMILES string of the molecule is CCc1ccc2c(Cl)c(C(=O)NCCC(C)C)sc2c1. The Kier molecular flexibility index (Phi) is 5.06. The number of amides is 1. The zero-order chi connectivity index (χ0) is 14.7. The fraction of sp³-hybridized carbons (Fsp3) is 0.438. The number of hydrogen-bond donors (Lipinski definition) is 1. The molecular weight excluding hydrogens is 290 g/mol. The number of nitrogens with one attached hydrogen (secondary N) is 1. The molecule has 20 heavy (non-hydrogen) atoms. The highest BCUT2D eigenvalue weighted by Gasteiger charge is 2.16. The van der Waals surface area contributed by atoms with Crippen molar-refractivity contribution in [1.82, 2.24) is 5.32 Å². The molecule has 4 heteroatoms. The van der Waals surface area contributed by atoms with Gasteiger partial charge in [-0.05, 0) is 30.4 Å². The minimum Gasteiger partial charge on any atom is -0.351 e. The van der Waals surface area contributed by atoms with Crippen molar-refractivity contribution >= 4 is 38.9 Å². The van der Waals surface area contributed by atoms with E-state index in [0.717, 1.165) is 22.9 Å². The molecule has 0 aliphatic carbocycles. The van der Waals surface area contributed by atoms with E-state index in [0.29, 0.717) is 22.4 Å². The molecule has 0 unspecified atom stereocenters.